The quantitative estimate of drug-likeness (QED) is 0.420. The Morgan fingerprint density at radius 1 is 1.43 bits per heavy atom. The molecule has 2 saturated heterocycles. The van der Waals surface area contributed by atoms with Gasteiger partial charge in [0, 0.05) is 7.11 Å². The third kappa shape index (κ3) is 4.19. The van der Waals surface area contributed by atoms with Crippen LogP contribution in [0.15, 0.2) is 12.3 Å². The van der Waals surface area contributed by atoms with Gasteiger partial charge in [-0.3, -0.25) is 9.09 Å². The van der Waals surface area contributed by atoms with Crippen molar-refractivity contribution in [3.8, 4) is 12.3 Å². The molecule has 0 saturated carbocycles. The Hall–Kier alpha value is -0.360. The van der Waals surface area contributed by atoms with Crippen LogP contribution in [0, 0.1) is 17.8 Å². The average molecular weight is 361 g/mol. The molecule has 2 aliphatic rings. The molecule has 2 aliphatic heterocycles. The highest BCUT2D eigenvalue weighted by Gasteiger charge is 2.53. The van der Waals surface area contributed by atoms with E-state index in [1.54, 1.807) is 0 Å². The molecule has 0 N–H and O–H groups in total. The third-order valence-electron chi connectivity index (χ3n) is 4.60. The molecule has 2 rings (SSSR count). The lowest BCUT2D eigenvalue weighted by molar-refractivity contribution is 0.0416. The van der Waals surface area contributed by atoms with Gasteiger partial charge in [0.15, 0.2) is 5.76 Å². The summed E-state index contributed by atoms with van der Waals surface area (Å²) in [6.07, 6.45) is 9.01. The molecule has 0 bridgehead atoms. The van der Waals surface area contributed by atoms with Crippen molar-refractivity contribution >= 4 is 15.3 Å². The number of hydrogen-bond acceptors (Lipinski definition) is 5. The number of rotatable bonds is 4. The molecule has 5 nitrogen and oxygen atoms in total. The summed E-state index contributed by atoms with van der Waals surface area (Å²) in [4.78, 5) is 0. The highest BCUT2D eigenvalue weighted by atomic mass is 31.2. The van der Waals surface area contributed by atoms with Crippen molar-refractivity contribution in [3.63, 3.8) is 0 Å². The average Bonchev–Trinajstić information content (AvgIpc) is 2.46. The lowest BCUT2D eigenvalue weighted by atomic mass is 9.91. The smallest absolute Gasteiger partial charge is 0.322 e. The van der Waals surface area contributed by atoms with Gasteiger partial charge in [0.05, 0.1) is 18.2 Å². The van der Waals surface area contributed by atoms with Crippen LogP contribution in [0.2, 0.25) is 0 Å². The predicted octanol–water partition coefficient (Wildman–Crippen LogP) is 4.46. The number of terminal acetylenes is 1. The van der Waals surface area contributed by atoms with Gasteiger partial charge in [-0.1, -0.05) is 12.5 Å². The summed E-state index contributed by atoms with van der Waals surface area (Å²) in [5.74, 6) is 3.31. The standard InChI is InChI=1S/C16H27O5P2/c1-7-15(3)10-11-19-22(6,13-15)20-14(2)16(4)9-8-12-23(17,18-5)21-16/h1H,2,8-13H2,3-6H3/q+1. The van der Waals surface area contributed by atoms with E-state index >= 15 is 0 Å². The molecule has 0 aliphatic carbocycles. The van der Waals surface area contributed by atoms with Gasteiger partial charge in [0.1, 0.15) is 18.4 Å². The van der Waals surface area contributed by atoms with E-state index < -0.39 is 20.9 Å². The SMILES string of the molecule is C#CC1(C)CCO[P+](C)(OC(=C)C2(C)CCCP(=O)(OC)O2)C1. The molecule has 130 valence electrons. The summed E-state index contributed by atoms with van der Waals surface area (Å²) in [6.45, 7) is 10.5. The van der Waals surface area contributed by atoms with E-state index in [4.69, 9.17) is 24.5 Å². The van der Waals surface area contributed by atoms with Gasteiger partial charge < -0.3 is 9.05 Å². The Balaban J connectivity index is 2.12. The molecule has 0 radical (unpaired) electrons. The molecule has 2 heterocycles. The van der Waals surface area contributed by atoms with Gasteiger partial charge in [0.2, 0.25) is 0 Å². The van der Waals surface area contributed by atoms with Crippen LogP contribution < -0.4 is 0 Å². The maximum atomic E-state index is 12.5. The molecule has 2 fully saturated rings. The molecular formula is C16H27O5P2+. The molecule has 0 spiro atoms. The largest absolute Gasteiger partial charge is 0.331 e. The van der Waals surface area contributed by atoms with Crippen LogP contribution in [-0.4, -0.2) is 38.3 Å². The van der Waals surface area contributed by atoms with Crippen molar-refractivity contribution in [2.24, 2.45) is 5.41 Å². The fourth-order valence-electron chi connectivity index (χ4n) is 3.06. The first-order valence-electron chi connectivity index (χ1n) is 7.80. The predicted molar refractivity (Wildman–Crippen MR) is 93.7 cm³/mol. The molecule has 4 atom stereocenters. The first-order chi connectivity index (χ1) is 10.6. The highest BCUT2D eigenvalue weighted by molar-refractivity contribution is 7.66. The van der Waals surface area contributed by atoms with E-state index in [1.807, 2.05) is 13.6 Å². The van der Waals surface area contributed by atoms with Gasteiger partial charge in [-0.05, 0) is 33.1 Å². The van der Waals surface area contributed by atoms with E-state index in [1.165, 1.54) is 7.11 Å². The molecule has 0 aromatic carbocycles. The zero-order chi connectivity index (χ0) is 17.4. The minimum atomic E-state index is -3.08. The van der Waals surface area contributed by atoms with E-state index in [0.717, 1.165) is 12.8 Å². The summed E-state index contributed by atoms with van der Waals surface area (Å²) in [6, 6.07) is 0. The minimum absolute atomic E-state index is 0.225. The Morgan fingerprint density at radius 2 is 2.13 bits per heavy atom. The van der Waals surface area contributed by atoms with E-state index in [-0.39, 0.29) is 5.41 Å². The second kappa shape index (κ2) is 6.51. The topological polar surface area (TPSA) is 54.0 Å². The van der Waals surface area contributed by atoms with Crippen LogP contribution in [0.25, 0.3) is 0 Å². The molecule has 4 unspecified atom stereocenters. The third-order valence-corrected chi connectivity index (χ3v) is 9.31. The highest BCUT2D eigenvalue weighted by Crippen LogP contribution is 2.67. The lowest BCUT2D eigenvalue weighted by Crippen LogP contribution is -2.37. The zero-order valence-corrected chi connectivity index (χ0v) is 16.3. The fourth-order valence-corrected chi connectivity index (χ4v) is 7.62. The van der Waals surface area contributed by atoms with Crippen LogP contribution >= 0.6 is 15.3 Å². The summed E-state index contributed by atoms with van der Waals surface area (Å²) < 4.78 is 35.4. The lowest BCUT2D eigenvalue weighted by Gasteiger charge is -2.40. The van der Waals surface area contributed by atoms with Crippen molar-refractivity contribution < 1.29 is 22.7 Å². The summed E-state index contributed by atoms with van der Waals surface area (Å²) in [7, 11) is -3.84. The van der Waals surface area contributed by atoms with Gasteiger partial charge in [-0.25, -0.2) is 0 Å². The molecular weight excluding hydrogens is 334 g/mol. The monoisotopic (exact) mass is 361 g/mol. The molecule has 0 amide bonds. The van der Waals surface area contributed by atoms with Gasteiger partial charge >= 0.3 is 15.3 Å². The fraction of sp³-hybridized carbons (Fsp3) is 0.750. The van der Waals surface area contributed by atoms with E-state index in [2.05, 4.69) is 19.4 Å². The molecule has 7 heteroatoms. The minimum Gasteiger partial charge on any atom is -0.322 e. The summed E-state index contributed by atoms with van der Waals surface area (Å²) in [5.41, 5.74) is -1.06. The van der Waals surface area contributed by atoms with Crippen LogP contribution in [0.1, 0.15) is 33.1 Å². The van der Waals surface area contributed by atoms with Crippen molar-refractivity contribution in [1.82, 2.24) is 0 Å². The molecule has 0 aromatic rings. The van der Waals surface area contributed by atoms with Crippen molar-refractivity contribution in [2.75, 3.05) is 32.7 Å². The second-order valence-corrected chi connectivity index (χ2v) is 11.9. The van der Waals surface area contributed by atoms with Crippen LogP contribution in [0.5, 0.6) is 0 Å². The van der Waals surface area contributed by atoms with Gasteiger partial charge in [0.25, 0.3) is 0 Å². The first-order valence-corrected chi connectivity index (χ1v) is 11.8. The maximum absolute atomic E-state index is 12.5. The van der Waals surface area contributed by atoms with Gasteiger partial charge in [-0.2, -0.15) is 4.52 Å². The number of hydrogen-bond donors (Lipinski definition) is 0. The molecule has 23 heavy (non-hydrogen) atoms. The Bertz CT molecular complexity index is 571. The Morgan fingerprint density at radius 3 is 2.74 bits per heavy atom. The summed E-state index contributed by atoms with van der Waals surface area (Å²) in [5, 5.41) is 0. The van der Waals surface area contributed by atoms with E-state index in [9.17, 15) is 4.57 Å². The van der Waals surface area contributed by atoms with Crippen LogP contribution in [-0.2, 0) is 22.7 Å². The molecule has 0 aromatic heterocycles. The second-order valence-electron chi connectivity index (χ2n) is 6.92. The van der Waals surface area contributed by atoms with Crippen molar-refractivity contribution in [2.45, 2.75) is 38.7 Å². The summed E-state index contributed by atoms with van der Waals surface area (Å²) >= 11 is 0. The van der Waals surface area contributed by atoms with Crippen molar-refractivity contribution in [1.29, 1.82) is 0 Å². The van der Waals surface area contributed by atoms with Crippen molar-refractivity contribution in [3.05, 3.63) is 12.3 Å². The normalized spacial score (nSPS) is 44.3. The van der Waals surface area contributed by atoms with Crippen LogP contribution in [0.4, 0.5) is 0 Å². The zero-order valence-electron chi connectivity index (χ0n) is 14.5. The Kier molecular flexibility index (Phi) is 5.37. The van der Waals surface area contributed by atoms with E-state index in [0.29, 0.717) is 31.1 Å². The first kappa shape index (κ1) is 19.0. The van der Waals surface area contributed by atoms with Crippen LogP contribution in [0.3, 0.4) is 0 Å². The van der Waals surface area contributed by atoms with Gasteiger partial charge in [-0.15, -0.1) is 6.42 Å². The maximum Gasteiger partial charge on any atom is 0.331 e. The Labute approximate surface area is 140 Å².